The van der Waals surface area contributed by atoms with E-state index in [4.69, 9.17) is 5.11 Å². The maximum Gasteiger partial charge on any atom is 0.328 e. The SMILES string of the molecule is CC(C=Cc1ccc(I)cc1)=CC(=O)O. The lowest BCUT2D eigenvalue weighted by Crippen LogP contribution is -1.87. The Morgan fingerprint density at radius 2 is 1.93 bits per heavy atom. The van der Waals surface area contributed by atoms with Gasteiger partial charge < -0.3 is 5.11 Å². The molecule has 0 atom stereocenters. The summed E-state index contributed by atoms with van der Waals surface area (Å²) in [6.45, 7) is 1.76. The number of halogens is 1. The molecule has 1 rings (SSSR count). The van der Waals surface area contributed by atoms with Crippen LogP contribution in [-0.2, 0) is 4.79 Å². The van der Waals surface area contributed by atoms with Gasteiger partial charge in [0.15, 0.2) is 0 Å². The summed E-state index contributed by atoms with van der Waals surface area (Å²) in [7, 11) is 0. The molecule has 1 aromatic rings. The van der Waals surface area contributed by atoms with Crippen molar-refractivity contribution >= 4 is 34.6 Å². The summed E-state index contributed by atoms with van der Waals surface area (Å²) >= 11 is 2.24. The van der Waals surface area contributed by atoms with E-state index in [0.717, 1.165) is 11.1 Å². The van der Waals surface area contributed by atoms with Crippen LogP contribution in [0, 0.1) is 3.57 Å². The van der Waals surface area contributed by atoms with E-state index in [0.29, 0.717) is 0 Å². The van der Waals surface area contributed by atoms with Crippen LogP contribution in [0.3, 0.4) is 0 Å². The van der Waals surface area contributed by atoms with Crippen LogP contribution in [0.25, 0.3) is 6.08 Å². The Morgan fingerprint density at radius 1 is 1.33 bits per heavy atom. The van der Waals surface area contributed by atoms with Crippen LogP contribution in [0.4, 0.5) is 0 Å². The topological polar surface area (TPSA) is 37.3 Å². The molecule has 1 aromatic carbocycles. The standard InChI is InChI=1S/C12H11IO2/c1-9(8-12(14)15)2-3-10-4-6-11(13)7-5-10/h2-8H,1H3,(H,14,15). The molecule has 0 radical (unpaired) electrons. The van der Waals surface area contributed by atoms with E-state index in [1.807, 2.05) is 30.3 Å². The van der Waals surface area contributed by atoms with Gasteiger partial charge >= 0.3 is 5.97 Å². The third-order valence-electron chi connectivity index (χ3n) is 1.76. The molecular weight excluding hydrogens is 303 g/mol. The molecule has 15 heavy (non-hydrogen) atoms. The summed E-state index contributed by atoms with van der Waals surface area (Å²) in [4.78, 5) is 10.4. The fraction of sp³-hybridized carbons (Fsp3) is 0.0833. The lowest BCUT2D eigenvalue weighted by molar-refractivity contribution is -0.131. The second-order valence-electron chi connectivity index (χ2n) is 3.11. The quantitative estimate of drug-likeness (QED) is 0.528. The van der Waals surface area contributed by atoms with Crippen LogP contribution >= 0.6 is 22.6 Å². The molecule has 2 nitrogen and oxygen atoms in total. The first-order valence-electron chi connectivity index (χ1n) is 4.43. The highest BCUT2D eigenvalue weighted by Crippen LogP contribution is 2.09. The Balaban J connectivity index is 2.73. The molecule has 0 saturated carbocycles. The van der Waals surface area contributed by atoms with E-state index >= 15 is 0 Å². The van der Waals surface area contributed by atoms with Gasteiger partial charge in [0.05, 0.1) is 0 Å². The van der Waals surface area contributed by atoms with Crippen LogP contribution < -0.4 is 0 Å². The van der Waals surface area contributed by atoms with Crippen molar-refractivity contribution in [1.29, 1.82) is 0 Å². The molecule has 0 saturated heterocycles. The van der Waals surface area contributed by atoms with E-state index in [1.54, 1.807) is 13.0 Å². The van der Waals surface area contributed by atoms with Crippen molar-refractivity contribution in [3.05, 3.63) is 51.1 Å². The average Bonchev–Trinajstić information content (AvgIpc) is 2.16. The van der Waals surface area contributed by atoms with Gasteiger partial charge in [-0.1, -0.05) is 24.3 Å². The number of allylic oxidation sites excluding steroid dienone is 2. The predicted octanol–water partition coefficient (Wildman–Crippen LogP) is 3.34. The van der Waals surface area contributed by atoms with Gasteiger partial charge in [-0.3, -0.25) is 0 Å². The van der Waals surface area contributed by atoms with Crippen molar-refractivity contribution in [2.75, 3.05) is 0 Å². The van der Waals surface area contributed by atoms with Crippen LogP contribution in [0.2, 0.25) is 0 Å². The maximum atomic E-state index is 10.4. The van der Waals surface area contributed by atoms with Gasteiger partial charge in [-0.05, 0) is 52.8 Å². The smallest absolute Gasteiger partial charge is 0.328 e. The summed E-state index contributed by atoms with van der Waals surface area (Å²) in [6.07, 6.45) is 4.87. The number of carbonyl (C=O) groups is 1. The van der Waals surface area contributed by atoms with E-state index in [2.05, 4.69) is 22.6 Å². The second kappa shape index (κ2) is 5.70. The minimum absolute atomic E-state index is 0.723. The molecule has 0 aliphatic carbocycles. The molecular formula is C12H11IO2. The van der Waals surface area contributed by atoms with Crippen LogP contribution in [0.15, 0.2) is 42.0 Å². The molecule has 0 aliphatic rings. The Labute approximate surface area is 102 Å². The summed E-state index contributed by atoms with van der Waals surface area (Å²) in [5.41, 5.74) is 1.79. The zero-order chi connectivity index (χ0) is 11.3. The fourth-order valence-electron chi connectivity index (χ4n) is 1.04. The van der Waals surface area contributed by atoms with Crippen LogP contribution in [0.5, 0.6) is 0 Å². The van der Waals surface area contributed by atoms with Gasteiger partial charge in [0.1, 0.15) is 0 Å². The van der Waals surface area contributed by atoms with Crippen LogP contribution in [-0.4, -0.2) is 11.1 Å². The number of hydrogen-bond donors (Lipinski definition) is 1. The van der Waals surface area contributed by atoms with Crippen molar-refractivity contribution in [3.63, 3.8) is 0 Å². The van der Waals surface area contributed by atoms with Crippen molar-refractivity contribution in [2.45, 2.75) is 6.92 Å². The van der Waals surface area contributed by atoms with Gasteiger partial charge in [-0.15, -0.1) is 0 Å². The molecule has 3 heteroatoms. The number of hydrogen-bond acceptors (Lipinski definition) is 1. The Hall–Kier alpha value is -1.10. The van der Waals surface area contributed by atoms with E-state index in [-0.39, 0.29) is 0 Å². The summed E-state index contributed by atoms with van der Waals surface area (Å²) in [6, 6.07) is 8.01. The first-order valence-corrected chi connectivity index (χ1v) is 5.50. The highest BCUT2D eigenvalue weighted by molar-refractivity contribution is 14.1. The minimum atomic E-state index is -0.917. The average molecular weight is 314 g/mol. The molecule has 0 aromatic heterocycles. The van der Waals surface area contributed by atoms with Gasteiger partial charge in [0, 0.05) is 9.65 Å². The Morgan fingerprint density at radius 3 is 2.47 bits per heavy atom. The highest BCUT2D eigenvalue weighted by Gasteiger charge is 1.90. The van der Waals surface area contributed by atoms with Gasteiger partial charge in [0.25, 0.3) is 0 Å². The number of carboxylic acid groups (broad SMARTS) is 1. The van der Waals surface area contributed by atoms with Crippen molar-refractivity contribution in [1.82, 2.24) is 0 Å². The molecule has 0 spiro atoms. The number of benzene rings is 1. The number of rotatable bonds is 3. The Bertz CT molecular complexity index is 402. The molecule has 0 amide bonds. The largest absolute Gasteiger partial charge is 0.478 e. The fourth-order valence-corrected chi connectivity index (χ4v) is 1.40. The third-order valence-corrected chi connectivity index (χ3v) is 2.48. The monoisotopic (exact) mass is 314 g/mol. The maximum absolute atomic E-state index is 10.4. The van der Waals surface area contributed by atoms with Crippen molar-refractivity contribution in [3.8, 4) is 0 Å². The minimum Gasteiger partial charge on any atom is -0.478 e. The molecule has 1 N–H and O–H groups in total. The molecule has 0 heterocycles. The number of carboxylic acids is 1. The zero-order valence-corrected chi connectivity index (χ0v) is 10.4. The summed E-state index contributed by atoms with van der Waals surface area (Å²) in [5.74, 6) is -0.917. The first kappa shape index (κ1) is 12.0. The first-order chi connectivity index (χ1) is 7.08. The molecule has 0 aliphatic heterocycles. The normalized spacial score (nSPS) is 12.0. The molecule has 0 unspecified atom stereocenters. The Kier molecular flexibility index (Phi) is 4.55. The zero-order valence-electron chi connectivity index (χ0n) is 8.27. The van der Waals surface area contributed by atoms with Crippen molar-refractivity contribution < 1.29 is 9.90 Å². The second-order valence-corrected chi connectivity index (χ2v) is 4.36. The lowest BCUT2D eigenvalue weighted by Gasteiger charge is -1.94. The van der Waals surface area contributed by atoms with Gasteiger partial charge in [-0.25, -0.2) is 4.79 Å². The van der Waals surface area contributed by atoms with Crippen molar-refractivity contribution in [2.24, 2.45) is 0 Å². The molecule has 0 fully saturated rings. The summed E-state index contributed by atoms with van der Waals surface area (Å²) in [5, 5.41) is 8.51. The molecule has 0 bridgehead atoms. The lowest BCUT2D eigenvalue weighted by atomic mass is 10.1. The highest BCUT2D eigenvalue weighted by atomic mass is 127. The van der Waals surface area contributed by atoms with Crippen LogP contribution in [0.1, 0.15) is 12.5 Å². The summed E-state index contributed by atoms with van der Waals surface area (Å²) < 4.78 is 1.18. The van der Waals surface area contributed by atoms with Gasteiger partial charge in [-0.2, -0.15) is 0 Å². The predicted molar refractivity (Wildman–Crippen MR) is 69.6 cm³/mol. The van der Waals surface area contributed by atoms with E-state index in [9.17, 15) is 4.79 Å². The van der Waals surface area contributed by atoms with Gasteiger partial charge in [0.2, 0.25) is 0 Å². The van der Waals surface area contributed by atoms with E-state index in [1.165, 1.54) is 9.65 Å². The molecule has 78 valence electrons. The third kappa shape index (κ3) is 4.78. The van der Waals surface area contributed by atoms with E-state index < -0.39 is 5.97 Å². The number of aliphatic carboxylic acids is 1.